The maximum atomic E-state index is 13.4. The zero-order valence-electron chi connectivity index (χ0n) is 17.8. The van der Waals surface area contributed by atoms with E-state index in [1.165, 1.54) is 4.57 Å². The van der Waals surface area contributed by atoms with Gasteiger partial charge in [0.2, 0.25) is 0 Å². The second kappa shape index (κ2) is 9.11. The van der Waals surface area contributed by atoms with Crippen molar-refractivity contribution in [1.29, 1.82) is 0 Å². The Morgan fingerprint density at radius 1 is 1.00 bits per heavy atom. The first kappa shape index (κ1) is 21.4. The van der Waals surface area contributed by atoms with Gasteiger partial charge in [-0.15, -0.1) is 0 Å². The summed E-state index contributed by atoms with van der Waals surface area (Å²) in [5.41, 5.74) is 6.96. The molecule has 0 aliphatic heterocycles. The number of anilines is 1. The van der Waals surface area contributed by atoms with Crippen LogP contribution in [0.1, 0.15) is 18.9 Å². The smallest absolute Gasteiger partial charge is 0.332 e. The number of fused-ring (bicyclic) bond motifs is 1. The van der Waals surface area contributed by atoms with Crippen molar-refractivity contribution < 1.29 is 9.84 Å². The number of hydrogen-bond donors (Lipinski definition) is 2. The molecule has 0 saturated heterocycles. The Hall–Kier alpha value is -3.85. The van der Waals surface area contributed by atoms with Gasteiger partial charge < -0.3 is 15.6 Å². The second-order valence-electron chi connectivity index (χ2n) is 7.37. The third-order valence-electron chi connectivity index (χ3n) is 5.21. The quantitative estimate of drug-likeness (QED) is 0.410. The summed E-state index contributed by atoms with van der Waals surface area (Å²) < 4.78 is 10.3. The predicted octanol–water partition coefficient (Wildman–Crippen LogP) is 2.18. The van der Waals surface area contributed by atoms with E-state index >= 15 is 0 Å². The molecule has 166 valence electrons. The highest BCUT2D eigenvalue weighted by Gasteiger charge is 2.22. The maximum absolute atomic E-state index is 13.4. The fourth-order valence-corrected chi connectivity index (χ4v) is 3.61. The molecule has 2 heterocycles. The van der Waals surface area contributed by atoms with Gasteiger partial charge in [-0.1, -0.05) is 30.3 Å². The summed E-state index contributed by atoms with van der Waals surface area (Å²) in [4.78, 5) is 30.9. The number of nitrogens with zero attached hydrogens (tertiary/aromatic N) is 4. The topological polar surface area (TPSA) is 117 Å². The van der Waals surface area contributed by atoms with Gasteiger partial charge in [-0.05, 0) is 43.2 Å². The number of aliphatic hydroxyl groups is 1. The first-order valence-corrected chi connectivity index (χ1v) is 10.5. The van der Waals surface area contributed by atoms with Crippen molar-refractivity contribution >= 4 is 16.9 Å². The molecule has 3 N–H and O–H groups in total. The Balaban J connectivity index is 1.96. The summed E-state index contributed by atoms with van der Waals surface area (Å²) in [6.07, 6.45) is 0.295. The number of benzene rings is 2. The van der Waals surface area contributed by atoms with Crippen LogP contribution in [0, 0.1) is 0 Å². The SMILES string of the molecule is CCn1c(=O)n(CCCO)c(=O)c2c1nc(Oc1ccccc1)n2Cc1ccc(N)cc1. The predicted molar refractivity (Wildman–Crippen MR) is 122 cm³/mol. The third-order valence-corrected chi connectivity index (χ3v) is 5.21. The van der Waals surface area contributed by atoms with Crippen molar-refractivity contribution in [3.05, 3.63) is 81.0 Å². The molecular weight excluding hydrogens is 410 g/mol. The molecule has 0 radical (unpaired) electrons. The van der Waals surface area contributed by atoms with Gasteiger partial charge in [0.1, 0.15) is 5.75 Å². The van der Waals surface area contributed by atoms with Gasteiger partial charge in [0.15, 0.2) is 11.2 Å². The summed E-state index contributed by atoms with van der Waals surface area (Å²) >= 11 is 0. The highest BCUT2D eigenvalue weighted by molar-refractivity contribution is 5.72. The zero-order chi connectivity index (χ0) is 22.7. The van der Waals surface area contributed by atoms with Crippen LogP contribution in [0.4, 0.5) is 5.69 Å². The number of hydrogen-bond acceptors (Lipinski definition) is 6. The van der Waals surface area contributed by atoms with Crippen LogP contribution in [-0.4, -0.2) is 30.4 Å². The normalized spacial score (nSPS) is 11.2. The lowest BCUT2D eigenvalue weighted by atomic mass is 10.2. The molecule has 4 aromatic rings. The molecule has 0 bridgehead atoms. The molecule has 0 fully saturated rings. The Kier molecular flexibility index (Phi) is 6.09. The Labute approximate surface area is 183 Å². The van der Waals surface area contributed by atoms with Crippen molar-refractivity contribution in [1.82, 2.24) is 18.7 Å². The fourth-order valence-electron chi connectivity index (χ4n) is 3.61. The van der Waals surface area contributed by atoms with E-state index in [4.69, 9.17) is 10.5 Å². The van der Waals surface area contributed by atoms with Gasteiger partial charge in [0.25, 0.3) is 5.56 Å². The molecule has 4 rings (SSSR count). The van der Waals surface area contributed by atoms with Crippen LogP contribution in [0.5, 0.6) is 11.8 Å². The molecule has 0 atom stereocenters. The Bertz CT molecular complexity index is 1340. The number of aliphatic hydroxyl groups excluding tert-OH is 1. The van der Waals surface area contributed by atoms with Crippen molar-refractivity contribution in [2.75, 3.05) is 12.3 Å². The largest absolute Gasteiger partial charge is 0.425 e. The number of imidazole rings is 1. The molecule has 0 unspecified atom stereocenters. The van der Waals surface area contributed by atoms with Gasteiger partial charge in [-0.3, -0.25) is 18.5 Å². The van der Waals surface area contributed by atoms with Crippen LogP contribution in [0.15, 0.2) is 64.2 Å². The van der Waals surface area contributed by atoms with E-state index in [1.807, 2.05) is 37.3 Å². The molecule has 0 aliphatic carbocycles. The van der Waals surface area contributed by atoms with Crippen LogP contribution < -0.4 is 21.7 Å². The number of aryl methyl sites for hydroxylation is 1. The van der Waals surface area contributed by atoms with Crippen LogP contribution in [-0.2, 0) is 19.6 Å². The summed E-state index contributed by atoms with van der Waals surface area (Å²) in [6, 6.07) is 16.7. The van der Waals surface area contributed by atoms with Crippen molar-refractivity contribution in [3.63, 3.8) is 0 Å². The lowest BCUT2D eigenvalue weighted by Crippen LogP contribution is -2.40. The van der Waals surface area contributed by atoms with E-state index in [1.54, 1.807) is 28.8 Å². The first-order chi connectivity index (χ1) is 15.5. The number of nitrogens with two attached hydrogens (primary N) is 1. The van der Waals surface area contributed by atoms with Crippen molar-refractivity contribution in [3.8, 4) is 11.8 Å². The fraction of sp³-hybridized carbons (Fsp3) is 0.261. The Morgan fingerprint density at radius 3 is 2.38 bits per heavy atom. The molecule has 9 nitrogen and oxygen atoms in total. The van der Waals surface area contributed by atoms with Gasteiger partial charge in [-0.25, -0.2) is 4.79 Å². The lowest BCUT2D eigenvalue weighted by Gasteiger charge is -2.12. The molecule has 0 spiro atoms. The number of aromatic nitrogens is 4. The minimum atomic E-state index is -0.464. The van der Waals surface area contributed by atoms with Crippen LogP contribution in [0.2, 0.25) is 0 Å². The summed E-state index contributed by atoms with van der Waals surface area (Å²) in [7, 11) is 0. The van der Waals surface area contributed by atoms with E-state index in [0.29, 0.717) is 30.9 Å². The lowest BCUT2D eigenvalue weighted by molar-refractivity contribution is 0.277. The third kappa shape index (κ3) is 4.02. The Morgan fingerprint density at radius 2 is 1.72 bits per heavy atom. The molecule has 9 heteroatoms. The monoisotopic (exact) mass is 435 g/mol. The molecule has 2 aromatic heterocycles. The molecular formula is C23H25N5O4. The van der Waals surface area contributed by atoms with Gasteiger partial charge in [-0.2, -0.15) is 4.98 Å². The minimum absolute atomic E-state index is 0.117. The molecule has 0 saturated carbocycles. The zero-order valence-corrected chi connectivity index (χ0v) is 17.8. The highest BCUT2D eigenvalue weighted by Crippen LogP contribution is 2.25. The summed E-state index contributed by atoms with van der Waals surface area (Å²) in [5.74, 6) is 0.562. The number of rotatable bonds is 8. The standard InChI is InChI=1S/C23H25N5O4/c1-2-26-20-19(21(30)27(23(26)31)13-6-14-29)28(15-16-9-11-17(24)12-10-16)22(25-20)32-18-7-4-3-5-8-18/h3-5,7-12,29H,2,6,13-15,24H2,1H3. The van der Waals surface area contributed by atoms with E-state index in [2.05, 4.69) is 4.98 Å². The molecule has 0 amide bonds. The molecule has 2 aromatic carbocycles. The van der Waals surface area contributed by atoms with E-state index in [-0.39, 0.29) is 30.3 Å². The molecule has 0 aliphatic rings. The van der Waals surface area contributed by atoms with Crippen molar-refractivity contribution in [2.45, 2.75) is 33.0 Å². The van der Waals surface area contributed by atoms with Gasteiger partial charge in [0, 0.05) is 25.4 Å². The van der Waals surface area contributed by atoms with E-state index in [0.717, 1.165) is 10.1 Å². The first-order valence-electron chi connectivity index (χ1n) is 10.5. The van der Waals surface area contributed by atoms with Crippen LogP contribution in [0.3, 0.4) is 0 Å². The van der Waals surface area contributed by atoms with E-state index in [9.17, 15) is 14.7 Å². The average molecular weight is 435 g/mol. The number of nitrogen functional groups attached to an aromatic ring is 1. The van der Waals surface area contributed by atoms with Gasteiger partial charge in [0.05, 0.1) is 6.54 Å². The second-order valence-corrected chi connectivity index (χ2v) is 7.37. The number of ether oxygens (including phenoxy) is 1. The summed E-state index contributed by atoms with van der Waals surface area (Å²) in [5, 5.41) is 9.22. The highest BCUT2D eigenvalue weighted by atomic mass is 16.5. The number of para-hydroxylation sites is 1. The van der Waals surface area contributed by atoms with Crippen LogP contribution in [0.25, 0.3) is 11.2 Å². The van der Waals surface area contributed by atoms with Crippen molar-refractivity contribution in [2.24, 2.45) is 0 Å². The summed E-state index contributed by atoms with van der Waals surface area (Å²) in [6.45, 7) is 2.45. The average Bonchev–Trinajstić information content (AvgIpc) is 3.14. The van der Waals surface area contributed by atoms with Gasteiger partial charge >= 0.3 is 11.7 Å². The maximum Gasteiger partial charge on any atom is 0.332 e. The minimum Gasteiger partial charge on any atom is -0.425 e. The van der Waals surface area contributed by atoms with E-state index < -0.39 is 11.2 Å². The van der Waals surface area contributed by atoms with Crippen LogP contribution >= 0.6 is 0 Å². The molecule has 32 heavy (non-hydrogen) atoms.